The van der Waals surface area contributed by atoms with Crippen LogP contribution in [-0.2, 0) is 6.54 Å². The van der Waals surface area contributed by atoms with E-state index < -0.39 is 0 Å². The van der Waals surface area contributed by atoms with Gasteiger partial charge in [-0.25, -0.2) is 4.39 Å². The summed E-state index contributed by atoms with van der Waals surface area (Å²) in [6, 6.07) is 13.9. The number of benzene rings is 2. The van der Waals surface area contributed by atoms with E-state index in [9.17, 15) is 9.18 Å². The topological polar surface area (TPSA) is 20.3 Å². The van der Waals surface area contributed by atoms with Gasteiger partial charge in [0.05, 0.1) is 5.56 Å². The first-order valence-corrected chi connectivity index (χ1v) is 6.91. The molecular weight excluding hydrogens is 356 g/mol. The lowest BCUT2D eigenvalue weighted by Crippen LogP contribution is -2.27. The van der Waals surface area contributed by atoms with E-state index in [1.54, 1.807) is 31.3 Å². The number of amides is 1. The van der Waals surface area contributed by atoms with E-state index in [0.29, 0.717) is 11.1 Å². The minimum atomic E-state index is -0.287. The molecular formula is C15H13FINO. The number of hydrogen-bond donors (Lipinski definition) is 0. The van der Waals surface area contributed by atoms with Crippen LogP contribution in [0, 0.1) is 9.39 Å². The van der Waals surface area contributed by atoms with Gasteiger partial charge in [-0.2, -0.15) is 0 Å². The number of nitrogens with zero attached hydrogens (tertiary/aromatic N) is 1. The maximum atomic E-state index is 13.6. The van der Waals surface area contributed by atoms with Gasteiger partial charge < -0.3 is 4.90 Å². The predicted octanol–water partition coefficient (Wildman–Crippen LogP) is 3.70. The van der Waals surface area contributed by atoms with Crippen LogP contribution in [0.4, 0.5) is 4.39 Å². The summed E-state index contributed by atoms with van der Waals surface area (Å²) in [6.07, 6.45) is 0. The van der Waals surface area contributed by atoms with Crippen LogP contribution in [0.3, 0.4) is 0 Å². The molecule has 0 fully saturated rings. The van der Waals surface area contributed by atoms with Crippen molar-refractivity contribution in [3.8, 4) is 0 Å². The fraction of sp³-hybridized carbons (Fsp3) is 0.133. The summed E-state index contributed by atoms with van der Waals surface area (Å²) in [4.78, 5) is 13.8. The van der Waals surface area contributed by atoms with E-state index in [1.807, 2.05) is 18.2 Å². The Bertz CT molecular complexity index is 600. The molecule has 0 aromatic heterocycles. The van der Waals surface area contributed by atoms with Crippen molar-refractivity contribution in [3.05, 3.63) is 69.0 Å². The molecule has 0 aliphatic rings. The first-order valence-electron chi connectivity index (χ1n) is 5.83. The Labute approximate surface area is 125 Å². The first-order chi connectivity index (χ1) is 9.09. The highest BCUT2D eigenvalue weighted by Crippen LogP contribution is 2.15. The molecule has 0 saturated carbocycles. The Morgan fingerprint density at radius 1 is 1.16 bits per heavy atom. The highest BCUT2D eigenvalue weighted by molar-refractivity contribution is 14.1. The Hall–Kier alpha value is -1.43. The fourth-order valence-corrected chi connectivity index (χ4v) is 2.41. The molecule has 0 radical (unpaired) electrons. The Balaban J connectivity index is 2.17. The molecule has 0 unspecified atom stereocenters. The van der Waals surface area contributed by atoms with E-state index in [4.69, 9.17) is 0 Å². The van der Waals surface area contributed by atoms with Crippen LogP contribution in [0.15, 0.2) is 48.5 Å². The summed E-state index contributed by atoms with van der Waals surface area (Å²) < 4.78 is 14.4. The van der Waals surface area contributed by atoms with Crippen LogP contribution in [0.2, 0.25) is 0 Å². The number of carbonyl (C=O) groups excluding carboxylic acids is 1. The van der Waals surface area contributed by atoms with E-state index in [1.165, 1.54) is 11.0 Å². The van der Waals surface area contributed by atoms with Crippen LogP contribution < -0.4 is 0 Å². The molecule has 19 heavy (non-hydrogen) atoms. The number of carbonyl (C=O) groups is 1. The minimum absolute atomic E-state index is 0.103. The molecule has 98 valence electrons. The van der Waals surface area contributed by atoms with Crippen molar-refractivity contribution in [2.45, 2.75) is 6.54 Å². The van der Waals surface area contributed by atoms with Gasteiger partial charge in [0.25, 0.3) is 5.91 Å². The minimum Gasteiger partial charge on any atom is -0.337 e. The lowest BCUT2D eigenvalue weighted by atomic mass is 10.1. The van der Waals surface area contributed by atoms with E-state index in [2.05, 4.69) is 22.6 Å². The third kappa shape index (κ3) is 3.32. The van der Waals surface area contributed by atoms with Gasteiger partial charge in [0, 0.05) is 22.7 Å². The first kappa shape index (κ1) is 14.0. The second-order valence-electron chi connectivity index (χ2n) is 4.23. The molecule has 2 aromatic rings. The molecule has 0 bridgehead atoms. The normalized spacial score (nSPS) is 10.3. The van der Waals surface area contributed by atoms with Crippen LogP contribution in [0.1, 0.15) is 15.9 Å². The van der Waals surface area contributed by atoms with E-state index in [-0.39, 0.29) is 18.3 Å². The second kappa shape index (κ2) is 6.14. The van der Waals surface area contributed by atoms with E-state index >= 15 is 0 Å². The van der Waals surface area contributed by atoms with E-state index in [0.717, 1.165) is 3.57 Å². The highest BCUT2D eigenvalue weighted by Gasteiger charge is 2.15. The van der Waals surface area contributed by atoms with Gasteiger partial charge in [0.1, 0.15) is 5.82 Å². The molecule has 1 amide bonds. The van der Waals surface area contributed by atoms with Crippen molar-refractivity contribution in [2.75, 3.05) is 7.05 Å². The van der Waals surface area contributed by atoms with Crippen LogP contribution >= 0.6 is 22.6 Å². The van der Waals surface area contributed by atoms with Gasteiger partial charge in [-0.3, -0.25) is 4.79 Å². The fourth-order valence-electron chi connectivity index (χ4n) is 1.79. The Morgan fingerprint density at radius 3 is 2.47 bits per heavy atom. The average Bonchev–Trinajstić information content (AvgIpc) is 2.41. The lowest BCUT2D eigenvalue weighted by Gasteiger charge is -2.18. The maximum Gasteiger partial charge on any atom is 0.254 e. The molecule has 4 heteroatoms. The molecule has 0 aliphatic heterocycles. The van der Waals surface area contributed by atoms with Gasteiger partial charge in [-0.05, 0) is 40.8 Å². The van der Waals surface area contributed by atoms with Crippen molar-refractivity contribution in [3.63, 3.8) is 0 Å². The SMILES string of the molecule is CN(Cc1ccccc1F)C(=O)c1ccccc1I. The third-order valence-corrected chi connectivity index (χ3v) is 3.76. The summed E-state index contributed by atoms with van der Waals surface area (Å²) in [7, 11) is 1.68. The zero-order chi connectivity index (χ0) is 13.8. The number of hydrogen-bond acceptors (Lipinski definition) is 1. The maximum absolute atomic E-state index is 13.6. The zero-order valence-corrected chi connectivity index (χ0v) is 12.6. The van der Waals surface area contributed by atoms with Crippen molar-refractivity contribution < 1.29 is 9.18 Å². The standard InChI is InChI=1S/C15H13FINO/c1-18(10-11-6-2-4-8-13(11)16)15(19)12-7-3-5-9-14(12)17/h2-9H,10H2,1H3. The van der Waals surface area contributed by atoms with Gasteiger partial charge in [0.15, 0.2) is 0 Å². The summed E-state index contributed by atoms with van der Waals surface area (Å²) >= 11 is 2.13. The third-order valence-electron chi connectivity index (χ3n) is 2.82. The van der Waals surface area contributed by atoms with Crippen molar-refractivity contribution in [1.82, 2.24) is 4.90 Å². The molecule has 0 N–H and O–H groups in total. The Kier molecular flexibility index (Phi) is 4.52. The molecule has 0 heterocycles. The number of halogens is 2. The molecule has 2 rings (SSSR count). The monoisotopic (exact) mass is 369 g/mol. The van der Waals surface area contributed by atoms with Crippen LogP contribution in [0.25, 0.3) is 0 Å². The van der Waals surface area contributed by atoms with Crippen molar-refractivity contribution in [1.29, 1.82) is 0 Å². The quantitative estimate of drug-likeness (QED) is 0.756. The highest BCUT2D eigenvalue weighted by atomic mass is 127. The molecule has 0 aliphatic carbocycles. The zero-order valence-electron chi connectivity index (χ0n) is 10.4. The van der Waals surface area contributed by atoms with Crippen LogP contribution in [-0.4, -0.2) is 17.9 Å². The van der Waals surface area contributed by atoms with Crippen LogP contribution in [0.5, 0.6) is 0 Å². The summed E-state index contributed by atoms with van der Waals surface area (Å²) in [5, 5.41) is 0. The summed E-state index contributed by atoms with van der Waals surface area (Å²) in [5.41, 5.74) is 1.16. The van der Waals surface area contributed by atoms with Crippen molar-refractivity contribution >= 4 is 28.5 Å². The van der Waals surface area contributed by atoms with Gasteiger partial charge in [-0.15, -0.1) is 0 Å². The predicted molar refractivity (Wildman–Crippen MR) is 81.4 cm³/mol. The Morgan fingerprint density at radius 2 is 1.79 bits per heavy atom. The van der Waals surface area contributed by atoms with Gasteiger partial charge >= 0.3 is 0 Å². The molecule has 0 spiro atoms. The largest absolute Gasteiger partial charge is 0.337 e. The molecule has 2 aromatic carbocycles. The lowest BCUT2D eigenvalue weighted by molar-refractivity contribution is 0.0783. The molecule has 0 atom stereocenters. The smallest absolute Gasteiger partial charge is 0.254 e. The average molecular weight is 369 g/mol. The van der Waals surface area contributed by atoms with Gasteiger partial charge in [-0.1, -0.05) is 30.3 Å². The summed E-state index contributed by atoms with van der Waals surface area (Å²) in [6.45, 7) is 0.260. The summed E-state index contributed by atoms with van der Waals surface area (Å²) in [5.74, 6) is -0.391. The van der Waals surface area contributed by atoms with Crippen molar-refractivity contribution in [2.24, 2.45) is 0 Å². The van der Waals surface area contributed by atoms with Gasteiger partial charge in [0.2, 0.25) is 0 Å². The second-order valence-corrected chi connectivity index (χ2v) is 5.39. The molecule has 2 nitrogen and oxygen atoms in total. The molecule has 0 saturated heterocycles. The number of rotatable bonds is 3.